The van der Waals surface area contributed by atoms with E-state index in [1.165, 1.54) is 9.58 Å². The van der Waals surface area contributed by atoms with Crippen LogP contribution in [0.5, 0.6) is 5.88 Å². The maximum atomic E-state index is 14.8. The van der Waals surface area contributed by atoms with Crippen molar-refractivity contribution >= 4 is 44.6 Å². The summed E-state index contributed by atoms with van der Waals surface area (Å²) in [6.45, 7) is 9.81. The first-order chi connectivity index (χ1) is 27.0. The number of benzene rings is 1. The zero-order valence-corrected chi connectivity index (χ0v) is 34.7. The average Bonchev–Trinajstić information content (AvgIpc) is 4.06. The molecular weight excluding hydrogens is 779 g/mol. The number of carbonyl (C=O) groups is 4. The van der Waals surface area contributed by atoms with E-state index in [1.54, 1.807) is 51.1 Å². The molecule has 6 rings (SSSR count). The molecule has 0 radical (unpaired) electrons. The topological polar surface area (TPSA) is 195 Å². The Morgan fingerprint density at radius 3 is 2.34 bits per heavy atom. The Hall–Kier alpha value is -4.61. The summed E-state index contributed by atoms with van der Waals surface area (Å²) in [5.74, 6) is -6.79. The van der Waals surface area contributed by atoms with Crippen LogP contribution in [0.25, 0.3) is 10.8 Å². The number of carbonyl (C=O) groups excluding carboxylic acids is 4. The van der Waals surface area contributed by atoms with Gasteiger partial charge >= 0.3 is 6.09 Å². The smallest absolute Gasteiger partial charge is 0.408 e. The fourth-order valence-corrected chi connectivity index (χ4v) is 9.11. The maximum Gasteiger partial charge on any atom is 0.408 e. The van der Waals surface area contributed by atoms with Crippen LogP contribution in [0.3, 0.4) is 0 Å². The summed E-state index contributed by atoms with van der Waals surface area (Å²) in [7, 11) is -3.98. The summed E-state index contributed by atoms with van der Waals surface area (Å²) in [6, 6.07) is 3.74. The number of alkyl halides is 2. The van der Waals surface area contributed by atoms with Crippen molar-refractivity contribution in [2.75, 3.05) is 6.54 Å². The molecule has 4 aliphatic rings. The number of aromatic nitrogens is 2. The van der Waals surface area contributed by atoms with Crippen LogP contribution in [-0.2, 0) is 29.1 Å². The number of nitrogens with zero attached hydrogens (tertiary/aromatic N) is 3. The van der Waals surface area contributed by atoms with Crippen LogP contribution in [0, 0.1) is 17.8 Å². The summed E-state index contributed by atoms with van der Waals surface area (Å²) in [5.41, 5.74) is -4.19. The number of halogens is 2. The van der Waals surface area contributed by atoms with Crippen molar-refractivity contribution in [1.82, 2.24) is 30.0 Å². The quantitative estimate of drug-likeness (QED) is 0.306. The van der Waals surface area contributed by atoms with Gasteiger partial charge in [0, 0.05) is 19.3 Å². The highest BCUT2D eigenvalue weighted by atomic mass is 32.2. The lowest BCUT2D eigenvalue weighted by atomic mass is 9.88. The fraction of sp³-hybridized carbons (Fsp3) is 0.650. The second-order valence-corrected chi connectivity index (χ2v) is 19.3. The minimum Gasteiger partial charge on any atom is -0.471 e. The Morgan fingerprint density at radius 1 is 1.03 bits per heavy atom. The van der Waals surface area contributed by atoms with Crippen LogP contribution in [0.4, 0.5) is 13.6 Å². The molecule has 2 saturated carbocycles. The maximum absolute atomic E-state index is 14.8. The van der Waals surface area contributed by atoms with Crippen molar-refractivity contribution in [3.8, 4) is 5.88 Å². The zero-order valence-electron chi connectivity index (χ0n) is 33.9. The number of rotatable bonds is 9. The number of alkyl carbamates (subject to hydrolysis) is 1. The molecule has 318 valence electrons. The minimum absolute atomic E-state index is 0.00599. The minimum atomic E-state index is -3.98. The third-order valence-corrected chi connectivity index (χ3v) is 13.7. The molecular formula is C40H54F2N6O9S. The molecule has 2 aliphatic carbocycles. The van der Waals surface area contributed by atoms with Gasteiger partial charge in [0.25, 0.3) is 17.4 Å². The van der Waals surface area contributed by atoms with Gasteiger partial charge in [-0.25, -0.2) is 26.7 Å². The molecule has 15 nitrogen and oxygen atoms in total. The Kier molecular flexibility index (Phi) is 11.8. The summed E-state index contributed by atoms with van der Waals surface area (Å²) in [6.07, 6.45) is 4.01. The highest BCUT2D eigenvalue weighted by molar-refractivity contribution is 7.91. The molecule has 3 fully saturated rings. The molecule has 3 heterocycles. The van der Waals surface area contributed by atoms with E-state index in [9.17, 15) is 41.2 Å². The molecule has 1 saturated heterocycles. The Morgan fingerprint density at radius 2 is 1.71 bits per heavy atom. The number of amides is 4. The SMILES string of the molecule is CC(C)n1nc(O[C@@H]2C[C@H]3C(=O)N[C@]4(C(=O)NS(=O)(=O)C5CC5)CC4/C=C\CC[C@H](C)C[C@@H](C)[C@H](NC(=O)OC(C)(C)C(C)(F)F)C(=O)N3C2)c2ccccc2c1=O. The van der Waals surface area contributed by atoms with Crippen LogP contribution < -0.4 is 25.7 Å². The Bertz CT molecular complexity index is 2150. The van der Waals surface area contributed by atoms with Gasteiger partial charge in [0.05, 0.1) is 28.6 Å². The molecule has 3 N–H and O–H groups in total. The zero-order chi connectivity index (χ0) is 42.5. The molecule has 1 aromatic carbocycles. The van der Waals surface area contributed by atoms with Crippen molar-refractivity contribution in [2.24, 2.45) is 17.8 Å². The highest BCUT2D eigenvalue weighted by Crippen LogP contribution is 2.46. The van der Waals surface area contributed by atoms with E-state index in [2.05, 4.69) is 20.5 Å². The van der Waals surface area contributed by atoms with Crippen LogP contribution in [0.2, 0.25) is 0 Å². The van der Waals surface area contributed by atoms with E-state index >= 15 is 0 Å². The summed E-state index contributed by atoms with van der Waals surface area (Å²) >= 11 is 0. The number of allylic oxidation sites excluding steroid dienone is 1. The number of hydrogen-bond acceptors (Lipinski definition) is 10. The first-order valence-electron chi connectivity index (χ1n) is 20.0. The number of hydrogen-bond donors (Lipinski definition) is 3. The molecule has 2 aromatic rings. The lowest BCUT2D eigenvalue weighted by Gasteiger charge is -2.35. The predicted molar refractivity (Wildman–Crippen MR) is 209 cm³/mol. The third kappa shape index (κ3) is 8.86. The number of ether oxygens (including phenoxy) is 2. The second kappa shape index (κ2) is 15.9. The first kappa shape index (κ1) is 43.0. The summed E-state index contributed by atoms with van der Waals surface area (Å²) < 4.78 is 69.7. The van der Waals surface area contributed by atoms with Gasteiger partial charge in [0.2, 0.25) is 27.7 Å². The molecule has 7 atom stereocenters. The van der Waals surface area contributed by atoms with Gasteiger partial charge in [-0.2, -0.15) is 0 Å². The number of nitrogens with one attached hydrogen (secondary N) is 3. The fourth-order valence-electron chi connectivity index (χ4n) is 7.75. The average molecular weight is 833 g/mol. The van der Waals surface area contributed by atoms with E-state index in [0.29, 0.717) is 49.8 Å². The van der Waals surface area contributed by atoms with Crippen LogP contribution >= 0.6 is 0 Å². The van der Waals surface area contributed by atoms with E-state index < -0.39 is 86.2 Å². The van der Waals surface area contributed by atoms with Crippen LogP contribution in [-0.4, -0.2) is 94.0 Å². The van der Waals surface area contributed by atoms with Crippen LogP contribution in [0.1, 0.15) is 99.5 Å². The molecule has 0 bridgehead atoms. The monoisotopic (exact) mass is 832 g/mol. The molecule has 1 aromatic heterocycles. The standard InChI is InChI=1S/C40H54F2N6O9S/c1-22(2)48-34(50)29-15-11-10-14-28(29)33(45-48)56-26-19-30-32(49)44-40(36(52)46-58(54,55)27-16-17-27)20-25(40)13-9-8-12-23(3)18-24(4)31(35(51)47(30)21-26)43-37(53)57-38(5,6)39(7,41)42/h9-11,13-15,22-27,30-31H,8,12,16-21H2,1-7H3,(H,43,53)(H,44,49)(H,46,52)/b13-9-/t23-,24+,25?,26+,30-,31-,40+/m0/s1. The van der Waals surface area contributed by atoms with Gasteiger partial charge in [-0.15, -0.1) is 5.10 Å². The van der Waals surface area contributed by atoms with E-state index in [-0.39, 0.29) is 42.8 Å². The van der Waals surface area contributed by atoms with Crippen molar-refractivity contribution in [3.05, 3.63) is 46.8 Å². The second-order valence-electron chi connectivity index (χ2n) is 17.4. The van der Waals surface area contributed by atoms with Crippen molar-refractivity contribution in [3.63, 3.8) is 0 Å². The van der Waals surface area contributed by atoms with E-state index in [0.717, 1.165) is 13.8 Å². The first-order valence-corrected chi connectivity index (χ1v) is 21.5. The largest absolute Gasteiger partial charge is 0.471 e. The predicted octanol–water partition coefficient (Wildman–Crippen LogP) is 4.35. The number of fused-ring (bicyclic) bond motifs is 3. The molecule has 18 heteroatoms. The van der Waals surface area contributed by atoms with Gasteiger partial charge in [-0.05, 0) is 90.2 Å². The Labute approximate surface area is 336 Å². The molecule has 2 aliphatic heterocycles. The van der Waals surface area contributed by atoms with Gasteiger partial charge in [-0.3, -0.25) is 23.9 Å². The van der Waals surface area contributed by atoms with Crippen molar-refractivity contribution < 1.29 is 45.9 Å². The van der Waals surface area contributed by atoms with Gasteiger partial charge in [0.1, 0.15) is 23.7 Å². The van der Waals surface area contributed by atoms with Gasteiger partial charge in [0.15, 0.2) is 5.60 Å². The molecule has 58 heavy (non-hydrogen) atoms. The Balaban J connectivity index is 1.38. The normalized spacial score (nSPS) is 29.0. The van der Waals surface area contributed by atoms with Crippen molar-refractivity contribution in [1.29, 1.82) is 0 Å². The molecule has 0 spiro atoms. The molecule has 4 amide bonds. The lowest BCUT2D eigenvalue weighted by Crippen LogP contribution is -2.59. The van der Waals surface area contributed by atoms with Crippen LogP contribution in [0.15, 0.2) is 41.2 Å². The highest BCUT2D eigenvalue weighted by Gasteiger charge is 2.62. The number of sulfonamides is 1. The summed E-state index contributed by atoms with van der Waals surface area (Å²) in [4.78, 5) is 71.0. The molecule has 1 unspecified atom stereocenters. The van der Waals surface area contributed by atoms with Gasteiger partial charge in [-0.1, -0.05) is 38.1 Å². The summed E-state index contributed by atoms with van der Waals surface area (Å²) in [5, 5.41) is 9.90. The van der Waals surface area contributed by atoms with Gasteiger partial charge < -0.3 is 25.0 Å². The van der Waals surface area contributed by atoms with E-state index in [4.69, 9.17) is 9.47 Å². The van der Waals surface area contributed by atoms with E-state index in [1.807, 2.05) is 13.0 Å². The van der Waals surface area contributed by atoms with Crippen molar-refractivity contribution in [2.45, 2.75) is 140 Å². The lowest BCUT2D eigenvalue weighted by molar-refractivity contribution is -0.152. The third-order valence-electron chi connectivity index (χ3n) is 11.9.